The normalized spacial score (nSPS) is 10.0. The van der Waals surface area contributed by atoms with Crippen LogP contribution in [0, 0.1) is 0 Å². The third kappa shape index (κ3) is 4.19. The molecule has 5 heteroatoms. The largest absolute Gasteiger partial charge is 0.545 e. The van der Waals surface area contributed by atoms with Crippen LogP contribution >= 0.6 is 15.9 Å². The molecule has 0 fully saturated rings. The molecule has 0 saturated carbocycles. The fourth-order valence-corrected chi connectivity index (χ4v) is 1.71. The van der Waals surface area contributed by atoms with Crippen LogP contribution in [0.1, 0.15) is 36.5 Å². The Morgan fingerprint density at radius 3 is 2.71 bits per heavy atom. The minimum atomic E-state index is -1.31. The molecule has 0 bridgehead atoms. The van der Waals surface area contributed by atoms with E-state index in [0.717, 1.165) is 12.8 Å². The van der Waals surface area contributed by atoms with Crippen molar-refractivity contribution in [1.29, 1.82) is 0 Å². The van der Waals surface area contributed by atoms with Gasteiger partial charge in [0.05, 0.1) is 5.97 Å². The second kappa shape index (κ2) is 6.39. The lowest BCUT2D eigenvalue weighted by Crippen LogP contribution is -2.24. The van der Waals surface area contributed by atoms with E-state index in [4.69, 9.17) is 0 Å². The van der Waals surface area contributed by atoms with Crippen molar-refractivity contribution in [3.05, 3.63) is 28.2 Å². The van der Waals surface area contributed by atoms with Gasteiger partial charge in [0.2, 0.25) is 5.91 Å². The Morgan fingerprint density at radius 1 is 1.41 bits per heavy atom. The molecule has 1 aromatic carbocycles. The Hall–Kier alpha value is -1.36. The monoisotopic (exact) mass is 298 g/mol. The summed E-state index contributed by atoms with van der Waals surface area (Å²) in [5.74, 6) is -1.49. The summed E-state index contributed by atoms with van der Waals surface area (Å²) in [6.45, 7) is 1.99. The Bertz CT molecular complexity index is 432. The zero-order chi connectivity index (χ0) is 12.8. The van der Waals surface area contributed by atoms with E-state index in [9.17, 15) is 14.7 Å². The van der Waals surface area contributed by atoms with Gasteiger partial charge in [-0.15, -0.1) is 0 Å². The van der Waals surface area contributed by atoms with E-state index in [1.54, 1.807) is 12.1 Å². The van der Waals surface area contributed by atoms with Crippen LogP contribution in [0.5, 0.6) is 0 Å². The van der Waals surface area contributed by atoms with Crippen LogP contribution in [0.4, 0.5) is 5.69 Å². The highest BCUT2D eigenvalue weighted by Crippen LogP contribution is 2.20. The van der Waals surface area contributed by atoms with Crippen molar-refractivity contribution in [1.82, 2.24) is 0 Å². The van der Waals surface area contributed by atoms with Gasteiger partial charge in [-0.3, -0.25) is 4.79 Å². The molecule has 0 aliphatic rings. The number of amides is 1. The summed E-state index contributed by atoms with van der Waals surface area (Å²) >= 11 is 3.17. The van der Waals surface area contributed by atoms with Crippen LogP contribution in [0.3, 0.4) is 0 Å². The fraction of sp³-hybridized carbons (Fsp3) is 0.333. The number of carboxylic acids is 1. The first-order valence-electron chi connectivity index (χ1n) is 5.35. The summed E-state index contributed by atoms with van der Waals surface area (Å²) in [7, 11) is 0. The number of carboxylic acid groups (broad SMARTS) is 1. The summed E-state index contributed by atoms with van der Waals surface area (Å²) < 4.78 is 0.628. The molecular formula is C12H13BrNO3-. The molecule has 0 aromatic heterocycles. The van der Waals surface area contributed by atoms with Crippen LogP contribution in [-0.4, -0.2) is 11.9 Å². The highest BCUT2D eigenvalue weighted by atomic mass is 79.9. The predicted octanol–water partition coefficient (Wildman–Crippen LogP) is 1.94. The zero-order valence-electron chi connectivity index (χ0n) is 9.46. The maximum absolute atomic E-state index is 11.5. The van der Waals surface area contributed by atoms with Gasteiger partial charge in [-0.25, -0.2) is 0 Å². The molecule has 0 heterocycles. The first-order chi connectivity index (χ1) is 8.04. The number of hydrogen-bond acceptors (Lipinski definition) is 3. The predicted molar refractivity (Wildman–Crippen MR) is 66.6 cm³/mol. The van der Waals surface area contributed by atoms with Crippen molar-refractivity contribution in [2.75, 3.05) is 5.32 Å². The molecular weight excluding hydrogens is 286 g/mol. The van der Waals surface area contributed by atoms with E-state index in [-0.39, 0.29) is 17.2 Å². The van der Waals surface area contributed by atoms with Gasteiger partial charge in [-0.05, 0) is 24.6 Å². The van der Waals surface area contributed by atoms with Gasteiger partial charge in [-0.2, -0.15) is 0 Å². The molecule has 1 amide bonds. The molecule has 0 aliphatic heterocycles. The standard InChI is InChI=1S/C12H14BrNO3/c1-2-3-4-11(15)14-10-6-5-8(13)7-9(10)12(16)17/h5-7H,2-4H2,1H3,(H,14,15)(H,16,17)/p-1. The summed E-state index contributed by atoms with van der Waals surface area (Å²) in [6, 6.07) is 4.62. The van der Waals surface area contributed by atoms with Gasteiger partial charge in [-0.1, -0.05) is 29.3 Å². The zero-order valence-corrected chi connectivity index (χ0v) is 11.0. The molecule has 1 N–H and O–H groups in total. The molecule has 4 nitrogen and oxygen atoms in total. The second-order valence-electron chi connectivity index (χ2n) is 3.63. The van der Waals surface area contributed by atoms with E-state index in [1.165, 1.54) is 6.07 Å². The highest BCUT2D eigenvalue weighted by molar-refractivity contribution is 9.10. The summed E-state index contributed by atoms with van der Waals surface area (Å²) in [4.78, 5) is 22.4. The van der Waals surface area contributed by atoms with Crippen LogP contribution in [0.15, 0.2) is 22.7 Å². The van der Waals surface area contributed by atoms with Gasteiger partial charge < -0.3 is 15.2 Å². The molecule has 0 unspecified atom stereocenters. The third-order valence-electron chi connectivity index (χ3n) is 2.23. The Balaban J connectivity index is 2.83. The minimum Gasteiger partial charge on any atom is -0.545 e. The molecule has 0 saturated heterocycles. The summed E-state index contributed by atoms with van der Waals surface area (Å²) in [5, 5.41) is 13.5. The maximum atomic E-state index is 11.5. The fourth-order valence-electron chi connectivity index (χ4n) is 1.34. The van der Waals surface area contributed by atoms with E-state index in [0.29, 0.717) is 10.9 Å². The number of aromatic carboxylic acids is 1. The van der Waals surface area contributed by atoms with Crippen molar-refractivity contribution in [3.8, 4) is 0 Å². The van der Waals surface area contributed by atoms with Crippen LogP contribution < -0.4 is 10.4 Å². The van der Waals surface area contributed by atoms with Gasteiger partial charge in [0.1, 0.15) is 0 Å². The van der Waals surface area contributed by atoms with Crippen LogP contribution in [-0.2, 0) is 4.79 Å². The first-order valence-corrected chi connectivity index (χ1v) is 6.14. The smallest absolute Gasteiger partial charge is 0.224 e. The number of anilines is 1. The Labute approximate surface area is 108 Å². The lowest BCUT2D eigenvalue weighted by molar-refractivity contribution is -0.254. The number of hydrogen-bond donors (Lipinski definition) is 1. The van der Waals surface area contributed by atoms with E-state index in [2.05, 4.69) is 21.2 Å². The molecule has 0 radical (unpaired) electrons. The Morgan fingerprint density at radius 2 is 2.12 bits per heavy atom. The number of halogens is 1. The van der Waals surface area contributed by atoms with Crippen molar-refractivity contribution in [2.24, 2.45) is 0 Å². The van der Waals surface area contributed by atoms with Crippen molar-refractivity contribution in [2.45, 2.75) is 26.2 Å². The average molecular weight is 299 g/mol. The van der Waals surface area contributed by atoms with Gasteiger partial charge in [0.15, 0.2) is 0 Å². The molecule has 17 heavy (non-hydrogen) atoms. The summed E-state index contributed by atoms with van der Waals surface area (Å²) in [6.07, 6.45) is 2.09. The number of benzene rings is 1. The summed E-state index contributed by atoms with van der Waals surface area (Å²) in [5.41, 5.74) is 0.249. The number of unbranched alkanes of at least 4 members (excludes halogenated alkanes) is 1. The molecule has 92 valence electrons. The van der Waals surface area contributed by atoms with E-state index >= 15 is 0 Å². The Kier molecular flexibility index (Phi) is 5.15. The van der Waals surface area contributed by atoms with Crippen LogP contribution in [0.2, 0.25) is 0 Å². The first kappa shape index (κ1) is 13.7. The number of carbonyl (C=O) groups excluding carboxylic acids is 2. The van der Waals surface area contributed by atoms with Crippen LogP contribution in [0.25, 0.3) is 0 Å². The van der Waals surface area contributed by atoms with Gasteiger partial charge in [0, 0.05) is 22.1 Å². The topological polar surface area (TPSA) is 69.2 Å². The number of carbonyl (C=O) groups is 2. The number of nitrogens with one attached hydrogen (secondary N) is 1. The van der Waals surface area contributed by atoms with Gasteiger partial charge >= 0.3 is 0 Å². The molecule has 0 atom stereocenters. The lowest BCUT2D eigenvalue weighted by Gasteiger charge is -2.12. The quantitative estimate of drug-likeness (QED) is 0.903. The maximum Gasteiger partial charge on any atom is 0.224 e. The van der Waals surface area contributed by atoms with Crippen molar-refractivity contribution < 1.29 is 14.7 Å². The average Bonchev–Trinajstić information content (AvgIpc) is 2.28. The molecule has 0 spiro atoms. The number of rotatable bonds is 5. The van der Waals surface area contributed by atoms with Gasteiger partial charge in [0.25, 0.3) is 0 Å². The highest BCUT2D eigenvalue weighted by Gasteiger charge is 2.07. The molecule has 1 rings (SSSR count). The lowest BCUT2D eigenvalue weighted by atomic mass is 10.1. The second-order valence-corrected chi connectivity index (χ2v) is 4.54. The van der Waals surface area contributed by atoms with Crippen molar-refractivity contribution in [3.63, 3.8) is 0 Å². The van der Waals surface area contributed by atoms with Crippen molar-refractivity contribution >= 4 is 33.5 Å². The van der Waals surface area contributed by atoms with E-state index in [1.807, 2.05) is 6.92 Å². The molecule has 0 aliphatic carbocycles. The third-order valence-corrected chi connectivity index (χ3v) is 2.73. The molecule has 1 aromatic rings. The SMILES string of the molecule is CCCCC(=O)Nc1ccc(Br)cc1C(=O)[O-]. The van der Waals surface area contributed by atoms with E-state index < -0.39 is 5.97 Å². The minimum absolute atomic E-state index is 0.0239.